The van der Waals surface area contributed by atoms with Crippen LogP contribution in [0.25, 0.3) is 0 Å². The zero-order valence-corrected chi connectivity index (χ0v) is 12.7. The van der Waals surface area contributed by atoms with E-state index in [1.807, 2.05) is 6.92 Å². The number of halogens is 1. The van der Waals surface area contributed by atoms with Crippen LogP contribution < -0.4 is 10.6 Å². The van der Waals surface area contributed by atoms with Gasteiger partial charge in [0.25, 0.3) is 0 Å². The van der Waals surface area contributed by atoms with Crippen molar-refractivity contribution in [2.45, 2.75) is 46.2 Å². The minimum absolute atomic E-state index is 0.0107. The Morgan fingerprint density at radius 3 is 2.67 bits per heavy atom. The maximum absolute atomic E-state index is 13.6. The van der Waals surface area contributed by atoms with E-state index in [1.165, 1.54) is 12.1 Å². The summed E-state index contributed by atoms with van der Waals surface area (Å²) in [5, 5.41) is 6.87. The molecule has 21 heavy (non-hydrogen) atoms. The summed E-state index contributed by atoms with van der Waals surface area (Å²) < 4.78 is 13.6. The van der Waals surface area contributed by atoms with Crippen molar-refractivity contribution in [2.75, 3.05) is 10.6 Å². The summed E-state index contributed by atoms with van der Waals surface area (Å²) in [6, 6.07) is 3.05. The third kappa shape index (κ3) is 1.41. The van der Waals surface area contributed by atoms with E-state index in [9.17, 15) is 9.18 Å². The molecular formula is C17H21FN2O. The smallest absolute Gasteiger partial charge is 0.143 e. The molecule has 0 saturated heterocycles. The van der Waals surface area contributed by atoms with Gasteiger partial charge in [0.2, 0.25) is 0 Å². The van der Waals surface area contributed by atoms with E-state index >= 15 is 0 Å². The molecule has 3 atom stereocenters. The summed E-state index contributed by atoms with van der Waals surface area (Å²) in [6.45, 7) is 6.33. The molecule has 1 aliphatic heterocycles. The maximum atomic E-state index is 13.6. The Bertz CT molecular complexity index is 654. The second kappa shape index (κ2) is 3.79. The lowest BCUT2D eigenvalue weighted by Gasteiger charge is -2.41. The first-order chi connectivity index (χ1) is 9.86. The predicted octanol–water partition coefficient (Wildman–Crippen LogP) is 3.69. The fraction of sp³-hybridized carbons (Fsp3) is 0.588. The monoisotopic (exact) mass is 288 g/mol. The summed E-state index contributed by atoms with van der Waals surface area (Å²) >= 11 is 0. The van der Waals surface area contributed by atoms with E-state index in [-0.39, 0.29) is 22.8 Å². The fourth-order valence-corrected chi connectivity index (χ4v) is 5.02. The number of ketones is 1. The lowest BCUT2D eigenvalue weighted by Crippen LogP contribution is -2.51. The Hall–Kier alpha value is -1.58. The molecule has 2 aliphatic carbocycles. The lowest BCUT2D eigenvalue weighted by molar-refractivity contribution is -0.129. The molecule has 3 nitrogen and oxygen atoms in total. The van der Waals surface area contributed by atoms with Crippen LogP contribution in [0.5, 0.6) is 0 Å². The fourth-order valence-electron chi connectivity index (χ4n) is 5.02. The molecule has 2 fully saturated rings. The van der Waals surface area contributed by atoms with Gasteiger partial charge in [-0.1, -0.05) is 13.8 Å². The molecule has 4 rings (SSSR count). The normalized spacial score (nSPS) is 35.5. The Balaban J connectivity index is 1.77. The van der Waals surface area contributed by atoms with Crippen LogP contribution in [0.15, 0.2) is 12.1 Å². The van der Waals surface area contributed by atoms with Crippen LogP contribution in [-0.2, 0) is 4.79 Å². The van der Waals surface area contributed by atoms with Gasteiger partial charge in [-0.3, -0.25) is 4.79 Å². The van der Waals surface area contributed by atoms with Crippen molar-refractivity contribution < 1.29 is 9.18 Å². The van der Waals surface area contributed by atoms with E-state index in [4.69, 9.17) is 0 Å². The zero-order chi connectivity index (χ0) is 15.0. The van der Waals surface area contributed by atoms with Gasteiger partial charge in [0.1, 0.15) is 17.8 Å². The minimum atomic E-state index is -0.375. The van der Waals surface area contributed by atoms with Gasteiger partial charge >= 0.3 is 0 Å². The molecule has 0 aromatic heterocycles. The number of Topliss-reactive ketones (excluding diaryl/α,β-unsaturated/α-hetero) is 1. The molecule has 1 aromatic carbocycles. The molecule has 112 valence electrons. The van der Waals surface area contributed by atoms with E-state index in [2.05, 4.69) is 24.5 Å². The molecule has 1 aromatic rings. The lowest BCUT2D eigenvalue weighted by atomic mass is 9.67. The molecule has 0 radical (unpaired) electrons. The summed E-state index contributed by atoms with van der Waals surface area (Å²) in [5.74, 6) is 0.606. The molecule has 2 N–H and O–H groups in total. The molecule has 2 bridgehead atoms. The van der Waals surface area contributed by atoms with Gasteiger partial charge in [-0.2, -0.15) is 0 Å². The van der Waals surface area contributed by atoms with Crippen molar-refractivity contribution in [1.29, 1.82) is 0 Å². The van der Waals surface area contributed by atoms with Gasteiger partial charge in [-0.25, -0.2) is 4.39 Å². The number of benzene rings is 1. The Kier molecular flexibility index (Phi) is 2.36. The highest BCUT2D eigenvalue weighted by Crippen LogP contribution is 2.66. The molecule has 0 spiro atoms. The molecule has 4 heteroatoms. The number of carbonyl (C=O) groups is 1. The quantitative estimate of drug-likeness (QED) is 0.828. The van der Waals surface area contributed by atoms with E-state index < -0.39 is 0 Å². The number of hydrogen-bond donors (Lipinski definition) is 2. The average molecular weight is 288 g/mol. The van der Waals surface area contributed by atoms with Gasteiger partial charge in [0, 0.05) is 6.42 Å². The maximum Gasteiger partial charge on any atom is 0.143 e. The predicted molar refractivity (Wildman–Crippen MR) is 80.7 cm³/mol. The zero-order valence-electron chi connectivity index (χ0n) is 12.7. The second-order valence-electron chi connectivity index (χ2n) is 7.42. The van der Waals surface area contributed by atoms with E-state index in [0.29, 0.717) is 18.1 Å². The Morgan fingerprint density at radius 1 is 1.29 bits per heavy atom. The number of aryl methyl sites for hydroxylation is 1. The summed E-state index contributed by atoms with van der Waals surface area (Å²) in [6.07, 6.45) is 2.60. The first-order valence-electron chi connectivity index (χ1n) is 7.73. The van der Waals surface area contributed by atoms with E-state index in [1.54, 1.807) is 0 Å². The first kappa shape index (κ1) is 13.1. The molecule has 3 aliphatic rings. The largest absolute Gasteiger partial charge is 0.363 e. The molecule has 2 saturated carbocycles. The van der Waals surface area contributed by atoms with Crippen molar-refractivity contribution in [3.8, 4) is 0 Å². The van der Waals surface area contributed by atoms with Crippen LogP contribution in [0.3, 0.4) is 0 Å². The number of rotatable bonds is 1. The number of fused-ring (bicyclic) bond motifs is 3. The Labute approximate surface area is 124 Å². The third-order valence-corrected chi connectivity index (χ3v) is 6.37. The van der Waals surface area contributed by atoms with Crippen LogP contribution in [0, 0.1) is 29.5 Å². The standard InChI is InChI=1S/C17H21FN2O/c1-9-6-11(18)8-12-14(9)20-15(19-12)17-5-4-10(7-13(17)21)16(17,2)3/h6,8,10,15,19-20H,4-5,7H2,1-3H3. The van der Waals surface area contributed by atoms with Crippen molar-refractivity contribution in [2.24, 2.45) is 16.7 Å². The number of carbonyl (C=O) groups excluding carboxylic acids is 1. The van der Waals surface area contributed by atoms with Gasteiger partial charge in [-0.15, -0.1) is 0 Å². The number of nitrogens with one attached hydrogen (secondary N) is 2. The summed E-state index contributed by atoms with van der Waals surface area (Å²) in [4.78, 5) is 12.7. The van der Waals surface area contributed by atoms with Crippen LogP contribution >= 0.6 is 0 Å². The highest BCUT2D eigenvalue weighted by Gasteiger charge is 2.68. The molecule has 3 unspecified atom stereocenters. The highest BCUT2D eigenvalue weighted by atomic mass is 19.1. The SMILES string of the molecule is Cc1cc(F)cc2c1NC(C13CCC(CC1=O)C3(C)C)N2. The van der Waals surface area contributed by atoms with E-state index in [0.717, 1.165) is 29.8 Å². The van der Waals surface area contributed by atoms with Crippen LogP contribution in [0.4, 0.5) is 15.8 Å². The van der Waals surface area contributed by atoms with Gasteiger partial charge in [0.15, 0.2) is 0 Å². The third-order valence-electron chi connectivity index (χ3n) is 6.37. The van der Waals surface area contributed by atoms with Crippen molar-refractivity contribution in [3.05, 3.63) is 23.5 Å². The first-order valence-corrected chi connectivity index (χ1v) is 7.73. The molecule has 1 heterocycles. The van der Waals surface area contributed by atoms with Gasteiger partial charge < -0.3 is 10.6 Å². The van der Waals surface area contributed by atoms with Gasteiger partial charge in [-0.05, 0) is 48.8 Å². The highest BCUT2D eigenvalue weighted by molar-refractivity contribution is 5.93. The number of anilines is 2. The van der Waals surface area contributed by atoms with Crippen LogP contribution in [0.2, 0.25) is 0 Å². The van der Waals surface area contributed by atoms with Crippen molar-refractivity contribution >= 4 is 17.2 Å². The van der Waals surface area contributed by atoms with Crippen molar-refractivity contribution in [1.82, 2.24) is 0 Å². The topological polar surface area (TPSA) is 41.1 Å². The second-order valence-corrected chi connectivity index (χ2v) is 7.42. The average Bonchev–Trinajstić information content (AvgIpc) is 2.97. The number of hydrogen-bond acceptors (Lipinski definition) is 3. The molecular weight excluding hydrogens is 267 g/mol. The molecule has 0 amide bonds. The van der Waals surface area contributed by atoms with Gasteiger partial charge in [0.05, 0.1) is 16.8 Å². The van der Waals surface area contributed by atoms with Crippen molar-refractivity contribution in [3.63, 3.8) is 0 Å². The Morgan fingerprint density at radius 2 is 2.05 bits per heavy atom. The van der Waals surface area contributed by atoms with Crippen LogP contribution in [0.1, 0.15) is 38.7 Å². The summed E-state index contributed by atoms with van der Waals surface area (Å²) in [7, 11) is 0. The minimum Gasteiger partial charge on any atom is -0.363 e. The van der Waals surface area contributed by atoms with Crippen LogP contribution in [-0.4, -0.2) is 11.9 Å². The summed E-state index contributed by atoms with van der Waals surface area (Å²) in [5.41, 5.74) is 2.22.